The van der Waals surface area contributed by atoms with E-state index in [0.717, 1.165) is 31.5 Å². The van der Waals surface area contributed by atoms with Gasteiger partial charge in [-0.2, -0.15) is 0 Å². The largest absolute Gasteiger partial charge is 0.357 e. The first-order chi connectivity index (χ1) is 10.3. The van der Waals surface area contributed by atoms with E-state index in [1.807, 2.05) is 11.8 Å². The van der Waals surface area contributed by atoms with Gasteiger partial charge in [-0.1, -0.05) is 18.2 Å². The molecule has 0 aromatic heterocycles. The SMILES string of the molecule is CCNC(=NCC1(Sc2ccccc2)CC1)NCC1CC1. The first kappa shape index (κ1) is 14.8. The minimum absolute atomic E-state index is 0.337. The summed E-state index contributed by atoms with van der Waals surface area (Å²) in [4.78, 5) is 6.18. The predicted octanol–water partition coefficient (Wildman–Crippen LogP) is 3.28. The molecular formula is C17H25N3S. The van der Waals surface area contributed by atoms with E-state index in [1.54, 1.807) is 0 Å². The summed E-state index contributed by atoms with van der Waals surface area (Å²) in [7, 11) is 0. The van der Waals surface area contributed by atoms with E-state index in [0.29, 0.717) is 4.75 Å². The Bertz CT molecular complexity index is 478. The van der Waals surface area contributed by atoms with Gasteiger partial charge in [0.05, 0.1) is 6.54 Å². The lowest BCUT2D eigenvalue weighted by Gasteiger charge is -2.15. The van der Waals surface area contributed by atoms with Crippen LogP contribution in [0.4, 0.5) is 0 Å². The van der Waals surface area contributed by atoms with E-state index in [1.165, 1.54) is 30.6 Å². The van der Waals surface area contributed by atoms with Crippen LogP contribution in [0.1, 0.15) is 32.6 Å². The van der Waals surface area contributed by atoms with Gasteiger partial charge in [0.1, 0.15) is 0 Å². The average Bonchev–Trinajstić information content (AvgIpc) is 3.40. The molecule has 0 heterocycles. The number of hydrogen-bond donors (Lipinski definition) is 2. The lowest BCUT2D eigenvalue weighted by Crippen LogP contribution is -2.38. The Balaban J connectivity index is 1.54. The normalized spacial score (nSPS) is 20.1. The molecule has 2 N–H and O–H groups in total. The Morgan fingerprint density at radius 2 is 2.00 bits per heavy atom. The summed E-state index contributed by atoms with van der Waals surface area (Å²) in [5.41, 5.74) is 0. The van der Waals surface area contributed by atoms with Crippen LogP contribution in [0.15, 0.2) is 40.2 Å². The Hall–Kier alpha value is -1.16. The first-order valence-corrected chi connectivity index (χ1v) is 8.87. The molecular weight excluding hydrogens is 278 g/mol. The average molecular weight is 303 g/mol. The Morgan fingerprint density at radius 1 is 1.24 bits per heavy atom. The molecule has 2 fully saturated rings. The van der Waals surface area contributed by atoms with Crippen LogP contribution in [0, 0.1) is 5.92 Å². The summed E-state index contributed by atoms with van der Waals surface area (Å²) in [5.74, 6) is 1.87. The summed E-state index contributed by atoms with van der Waals surface area (Å²) in [6, 6.07) is 10.7. The van der Waals surface area contributed by atoms with Gasteiger partial charge in [-0.3, -0.25) is 4.99 Å². The van der Waals surface area contributed by atoms with E-state index >= 15 is 0 Å². The van der Waals surface area contributed by atoms with Crippen molar-refractivity contribution in [2.45, 2.75) is 42.2 Å². The summed E-state index contributed by atoms with van der Waals surface area (Å²) >= 11 is 1.99. The lowest BCUT2D eigenvalue weighted by atomic mass is 10.4. The van der Waals surface area contributed by atoms with Gasteiger partial charge in [-0.25, -0.2) is 0 Å². The van der Waals surface area contributed by atoms with Gasteiger partial charge in [0.25, 0.3) is 0 Å². The second-order valence-electron chi connectivity index (χ2n) is 6.12. The molecule has 0 amide bonds. The summed E-state index contributed by atoms with van der Waals surface area (Å²) in [6.07, 6.45) is 5.30. The molecule has 0 radical (unpaired) electrons. The lowest BCUT2D eigenvalue weighted by molar-refractivity contribution is 0.735. The molecule has 114 valence electrons. The fourth-order valence-corrected chi connectivity index (χ4v) is 3.53. The third-order valence-electron chi connectivity index (χ3n) is 4.01. The predicted molar refractivity (Wildman–Crippen MR) is 91.0 cm³/mol. The maximum absolute atomic E-state index is 4.82. The fourth-order valence-electron chi connectivity index (χ4n) is 2.30. The van der Waals surface area contributed by atoms with E-state index in [2.05, 4.69) is 47.9 Å². The van der Waals surface area contributed by atoms with E-state index in [9.17, 15) is 0 Å². The van der Waals surface area contributed by atoms with Gasteiger partial charge in [0.2, 0.25) is 0 Å². The topological polar surface area (TPSA) is 36.4 Å². The molecule has 3 nitrogen and oxygen atoms in total. The van der Waals surface area contributed by atoms with Crippen LogP contribution in [0.3, 0.4) is 0 Å². The highest BCUT2D eigenvalue weighted by Gasteiger charge is 2.43. The summed E-state index contributed by atoms with van der Waals surface area (Å²) in [6.45, 7) is 5.03. The van der Waals surface area contributed by atoms with Crippen molar-refractivity contribution in [1.82, 2.24) is 10.6 Å². The molecule has 21 heavy (non-hydrogen) atoms. The van der Waals surface area contributed by atoms with Crippen LogP contribution >= 0.6 is 11.8 Å². The van der Waals surface area contributed by atoms with Crippen molar-refractivity contribution in [2.75, 3.05) is 19.6 Å². The molecule has 0 spiro atoms. The second-order valence-corrected chi connectivity index (χ2v) is 7.66. The number of rotatable bonds is 7. The van der Waals surface area contributed by atoms with Gasteiger partial charge in [0.15, 0.2) is 5.96 Å². The quantitative estimate of drug-likeness (QED) is 0.599. The molecule has 4 heteroatoms. The van der Waals surface area contributed by atoms with Gasteiger partial charge < -0.3 is 10.6 Å². The molecule has 0 unspecified atom stereocenters. The molecule has 0 saturated heterocycles. The molecule has 3 rings (SSSR count). The monoisotopic (exact) mass is 303 g/mol. The Morgan fingerprint density at radius 3 is 2.62 bits per heavy atom. The first-order valence-electron chi connectivity index (χ1n) is 8.06. The number of nitrogens with zero attached hydrogens (tertiary/aromatic N) is 1. The van der Waals surface area contributed by atoms with Crippen LogP contribution in [-0.2, 0) is 0 Å². The van der Waals surface area contributed by atoms with Crippen molar-refractivity contribution in [2.24, 2.45) is 10.9 Å². The van der Waals surface area contributed by atoms with Gasteiger partial charge in [0, 0.05) is 22.7 Å². The van der Waals surface area contributed by atoms with Crippen LogP contribution in [-0.4, -0.2) is 30.3 Å². The fraction of sp³-hybridized carbons (Fsp3) is 0.588. The van der Waals surface area contributed by atoms with E-state index in [4.69, 9.17) is 4.99 Å². The van der Waals surface area contributed by atoms with E-state index in [-0.39, 0.29) is 0 Å². The van der Waals surface area contributed by atoms with Gasteiger partial charge in [-0.05, 0) is 50.7 Å². The highest BCUT2D eigenvalue weighted by molar-refractivity contribution is 8.01. The van der Waals surface area contributed by atoms with Crippen LogP contribution < -0.4 is 10.6 Å². The number of guanidine groups is 1. The molecule has 0 atom stereocenters. The van der Waals surface area contributed by atoms with Crippen molar-refractivity contribution in [3.05, 3.63) is 30.3 Å². The highest BCUT2D eigenvalue weighted by atomic mass is 32.2. The number of thioether (sulfide) groups is 1. The maximum Gasteiger partial charge on any atom is 0.191 e. The zero-order valence-corrected chi connectivity index (χ0v) is 13.6. The minimum Gasteiger partial charge on any atom is -0.357 e. The number of hydrogen-bond acceptors (Lipinski definition) is 2. The number of nitrogens with one attached hydrogen (secondary N) is 2. The van der Waals surface area contributed by atoms with Crippen molar-refractivity contribution in [1.29, 1.82) is 0 Å². The van der Waals surface area contributed by atoms with Crippen LogP contribution in [0.2, 0.25) is 0 Å². The maximum atomic E-state index is 4.82. The van der Waals surface area contributed by atoms with E-state index < -0.39 is 0 Å². The van der Waals surface area contributed by atoms with Gasteiger partial charge >= 0.3 is 0 Å². The molecule has 1 aromatic carbocycles. The summed E-state index contributed by atoms with van der Waals surface area (Å²) < 4.78 is 0.337. The highest BCUT2D eigenvalue weighted by Crippen LogP contribution is 2.51. The van der Waals surface area contributed by atoms with Gasteiger partial charge in [-0.15, -0.1) is 11.8 Å². The van der Waals surface area contributed by atoms with Crippen LogP contribution in [0.5, 0.6) is 0 Å². The zero-order valence-electron chi connectivity index (χ0n) is 12.8. The standard InChI is InChI=1S/C17H25N3S/c1-2-18-16(19-12-14-8-9-14)20-13-17(10-11-17)21-15-6-4-3-5-7-15/h3-7,14H,2,8-13H2,1H3,(H2,18,19,20). The van der Waals surface area contributed by atoms with Crippen molar-refractivity contribution < 1.29 is 0 Å². The third-order valence-corrected chi connectivity index (χ3v) is 5.49. The van der Waals surface area contributed by atoms with Crippen molar-refractivity contribution >= 4 is 17.7 Å². The molecule has 2 aliphatic carbocycles. The number of benzene rings is 1. The zero-order chi connectivity index (χ0) is 14.5. The van der Waals surface area contributed by atoms with Crippen molar-refractivity contribution in [3.63, 3.8) is 0 Å². The summed E-state index contributed by atoms with van der Waals surface area (Å²) in [5, 5.41) is 6.84. The number of aliphatic imine (C=N–C) groups is 1. The Labute approximate surface area is 132 Å². The minimum atomic E-state index is 0.337. The third kappa shape index (κ3) is 4.67. The molecule has 1 aromatic rings. The van der Waals surface area contributed by atoms with Crippen LogP contribution in [0.25, 0.3) is 0 Å². The smallest absolute Gasteiger partial charge is 0.191 e. The van der Waals surface area contributed by atoms with Crippen molar-refractivity contribution in [3.8, 4) is 0 Å². The molecule has 2 aliphatic rings. The second kappa shape index (κ2) is 6.73. The Kier molecular flexibility index (Phi) is 4.73. The molecule has 2 saturated carbocycles. The molecule has 0 bridgehead atoms. The molecule has 0 aliphatic heterocycles.